The van der Waals surface area contributed by atoms with Crippen molar-refractivity contribution in [2.24, 2.45) is 0 Å². The van der Waals surface area contributed by atoms with Crippen molar-refractivity contribution >= 4 is 17.5 Å². The third-order valence-electron chi connectivity index (χ3n) is 4.88. The van der Waals surface area contributed by atoms with Crippen LogP contribution in [0.3, 0.4) is 0 Å². The molecule has 0 saturated carbocycles. The van der Waals surface area contributed by atoms with Crippen LogP contribution in [0.15, 0.2) is 24.3 Å². The predicted molar refractivity (Wildman–Crippen MR) is 87.2 cm³/mol. The Morgan fingerprint density at radius 1 is 1.32 bits per heavy atom. The lowest BCUT2D eigenvalue weighted by Crippen LogP contribution is -2.48. The minimum absolute atomic E-state index is 0.0258. The fourth-order valence-electron chi connectivity index (χ4n) is 3.42. The van der Waals surface area contributed by atoms with E-state index in [0.29, 0.717) is 6.54 Å². The van der Waals surface area contributed by atoms with Crippen molar-refractivity contribution in [2.75, 3.05) is 26.3 Å². The number of hydrogen-bond acceptors (Lipinski definition) is 3. The summed E-state index contributed by atoms with van der Waals surface area (Å²) in [7, 11) is 0. The van der Waals surface area contributed by atoms with Gasteiger partial charge in [-0.1, -0.05) is 23.7 Å². The first kappa shape index (κ1) is 15.8. The van der Waals surface area contributed by atoms with E-state index >= 15 is 0 Å². The molecule has 22 heavy (non-hydrogen) atoms. The zero-order chi connectivity index (χ0) is 15.4. The number of ether oxygens (including phenoxy) is 1. The topological polar surface area (TPSA) is 50.4 Å². The lowest BCUT2D eigenvalue weighted by molar-refractivity contribution is -0.123. The molecule has 1 amide bonds. The molecule has 4 nitrogen and oxygen atoms in total. The summed E-state index contributed by atoms with van der Waals surface area (Å²) in [6, 6.07) is 7.98. The number of carbonyl (C=O) groups is 1. The number of nitrogens with one attached hydrogen (secondary N) is 2. The number of benzene rings is 1. The number of carbonyl (C=O) groups excluding carboxylic acids is 1. The molecule has 0 spiro atoms. The van der Waals surface area contributed by atoms with Crippen LogP contribution in [-0.2, 0) is 14.9 Å². The molecule has 0 radical (unpaired) electrons. The molecule has 1 unspecified atom stereocenters. The SMILES string of the molecule is O=C(NCC1(c2ccc(Cl)cc2)CCOCC1)C1CCCN1. The normalized spacial score (nSPS) is 24.1. The summed E-state index contributed by atoms with van der Waals surface area (Å²) in [4.78, 5) is 12.3. The van der Waals surface area contributed by atoms with Crippen LogP contribution in [0.1, 0.15) is 31.2 Å². The van der Waals surface area contributed by atoms with Crippen LogP contribution in [0, 0.1) is 0 Å². The minimum atomic E-state index is -0.0445. The lowest BCUT2D eigenvalue weighted by atomic mass is 9.74. The molecule has 0 aliphatic carbocycles. The quantitative estimate of drug-likeness (QED) is 0.894. The van der Waals surface area contributed by atoms with Crippen LogP contribution in [0.2, 0.25) is 5.02 Å². The van der Waals surface area contributed by atoms with Gasteiger partial charge in [-0.3, -0.25) is 4.79 Å². The highest BCUT2D eigenvalue weighted by molar-refractivity contribution is 6.30. The van der Waals surface area contributed by atoms with Gasteiger partial charge < -0.3 is 15.4 Å². The molecule has 2 aliphatic heterocycles. The second-order valence-electron chi connectivity index (χ2n) is 6.27. The first-order valence-electron chi connectivity index (χ1n) is 8.05. The Morgan fingerprint density at radius 3 is 2.68 bits per heavy atom. The Labute approximate surface area is 136 Å². The fourth-order valence-corrected chi connectivity index (χ4v) is 3.55. The first-order valence-corrected chi connectivity index (χ1v) is 8.42. The van der Waals surface area contributed by atoms with E-state index in [2.05, 4.69) is 22.8 Å². The van der Waals surface area contributed by atoms with Gasteiger partial charge in [0, 0.05) is 30.2 Å². The van der Waals surface area contributed by atoms with E-state index in [1.54, 1.807) is 0 Å². The summed E-state index contributed by atoms with van der Waals surface area (Å²) in [6.45, 7) is 3.07. The smallest absolute Gasteiger partial charge is 0.237 e. The van der Waals surface area contributed by atoms with Gasteiger partial charge >= 0.3 is 0 Å². The maximum atomic E-state index is 12.3. The van der Waals surface area contributed by atoms with Crippen LogP contribution in [-0.4, -0.2) is 38.3 Å². The van der Waals surface area contributed by atoms with Gasteiger partial charge in [0.1, 0.15) is 0 Å². The molecule has 1 aromatic rings. The Morgan fingerprint density at radius 2 is 2.05 bits per heavy atom. The molecule has 2 fully saturated rings. The molecule has 2 saturated heterocycles. The number of halogens is 1. The van der Waals surface area contributed by atoms with E-state index in [-0.39, 0.29) is 17.4 Å². The molecule has 3 rings (SSSR count). The van der Waals surface area contributed by atoms with Gasteiger partial charge in [0.25, 0.3) is 0 Å². The van der Waals surface area contributed by atoms with Crippen LogP contribution < -0.4 is 10.6 Å². The summed E-state index contributed by atoms with van der Waals surface area (Å²) in [5.41, 5.74) is 1.19. The van der Waals surface area contributed by atoms with Crippen molar-refractivity contribution in [3.05, 3.63) is 34.9 Å². The van der Waals surface area contributed by atoms with Gasteiger partial charge in [-0.15, -0.1) is 0 Å². The Kier molecular flexibility index (Phi) is 5.01. The number of rotatable bonds is 4. The van der Waals surface area contributed by atoms with E-state index in [0.717, 1.165) is 50.5 Å². The second-order valence-corrected chi connectivity index (χ2v) is 6.70. The third-order valence-corrected chi connectivity index (χ3v) is 5.14. The summed E-state index contributed by atoms with van der Waals surface area (Å²) < 4.78 is 5.53. The summed E-state index contributed by atoms with van der Waals surface area (Å²) in [5.74, 6) is 0.123. The zero-order valence-corrected chi connectivity index (χ0v) is 13.5. The Hall–Kier alpha value is -1.10. The van der Waals surface area contributed by atoms with Gasteiger partial charge in [-0.05, 0) is 49.9 Å². The van der Waals surface area contributed by atoms with E-state index in [4.69, 9.17) is 16.3 Å². The van der Waals surface area contributed by atoms with Crippen LogP contribution >= 0.6 is 11.6 Å². The molecular formula is C17H23ClN2O2. The number of amides is 1. The van der Waals surface area contributed by atoms with E-state index in [1.165, 1.54) is 5.56 Å². The largest absolute Gasteiger partial charge is 0.381 e. The summed E-state index contributed by atoms with van der Waals surface area (Å²) in [6.07, 6.45) is 3.86. The molecule has 1 atom stereocenters. The van der Waals surface area contributed by atoms with Crippen LogP contribution in [0.5, 0.6) is 0 Å². The summed E-state index contributed by atoms with van der Waals surface area (Å²) in [5, 5.41) is 7.15. The van der Waals surface area contributed by atoms with Crippen molar-refractivity contribution in [2.45, 2.75) is 37.1 Å². The van der Waals surface area contributed by atoms with Crippen molar-refractivity contribution in [3.63, 3.8) is 0 Å². The Bertz CT molecular complexity index is 506. The molecule has 5 heteroatoms. The molecule has 0 aromatic heterocycles. The van der Waals surface area contributed by atoms with Gasteiger partial charge in [-0.25, -0.2) is 0 Å². The second kappa shape index (κ2) is 6.99. The van der Waals surface area contributed by atoms with Gasteiger partial charge in [0.05, 0.1) is 6.04 Å². The third kappa shape index (κ3) is 3.45. The van der Waals surface area contributed by atoms with Crippen molar-refractivity contribution in [1.82, 2.24) is 10.6 Å². The maximum Gasteiger partial charge on any atom is 0.237 e. The standard InChI is InChI=1S/C17H23ClN2O2/c18-14-5-3-13(4-6-14)17(7-10-22-11-8-17)12-20-16(21)15-2-1-9-19-15/h3-6,15,19H,1-2,7-12H2,(H,20,21). The van der Waals surface area contributed by atoms with E-state index in [1.807, 2.05) is 12.1 Å². The lowest BCUT2D eigenvalue weighted by Gasteiger charge is -2.38. The average Bonchev–Trinajstić information content (AvgIpc) is 3.09. The highest BCUT2D eigenvalue weighted by Crippen LogP contribution is 2.35. The minimum Gasteiger partial charge on any atom is -0.381 e. The molecule has 2 N–H and O–H groups in total. The molecule has 2 heterocycles. The van der Waals surface area contributed by atoms with Crippen molar-refractivity contribution in [1.29, 1.82) is 0 Å². The maximum absolute atomic E-state index is 12.3. The predicted octanol–water partition coefficient (Wildman–Crippen LogP) is 2.26. The molecular weight excluding hydrogens is 300 g/mol. The summed E-state index contributed by atoms with van der Waals surface area (Å²) >= 11 is 6.01. The number of hydrogen-bond donors (Lipinski definition) is 2. The highest BCUT2D eigenvalue weighted by Gasteiger charge is 2.35. The van der Waals surface area contributed by atoms with Crippen LogP contribution in [0.25, 0.3) is 0 Å². The Balaban J connectivity index is 1.71. The van der Waals surface area contributed by atoms with Crippen LogP contribution in [0.4, 0.5) is 0 Å². The van der Waals surface area contributed by atoms with Crippen molar-refractivity contribution in [3.8, 4) is 0 Å². The van der Waals surface area contributed by atoms with Gasteiger partial charge in [-0.2, -0.15) is 0 Å². The molecule has 1 aromatic carbocycles. The molecule has 0 bridgehead atoms. The molecule has 120 valence electrons. The molecule has 2 aliphatic rings. The van der Waals surface area contributed by atoms with Gasteiger partial charge in [0.15, 0.2) is 0 Å². The van der Waals surface area contributed by atoms with Crippen molar-refractivity contribution < 1.29 is 9.53 Å². The van der Waals surface area contributed by atoms with Gasteiger partial charge in [0.2, 0.25) is 5.91 Å². The first-order chi connectivity index (χ1) is 10.7. The zero-order valence-electron chi connectivity index (χ0n) is 12.7. The average molecular weight is 323 g/mol. The van der Waals surface area contributed by atoms with E-state index < -0.39 is 0 Å². The highest BCUT2D eigenvalue weighted by atomic mass is 35.5. The fraction of sp³-hybridized carbons (Fsp3) is 0.588. The monoisotopic (exact) mass is 322 g/mol. The van der Waals surface area contributed by atoms with E-state index in [9.17, 15) is 4.79 Å².